The van der Waals surface area contributed by atoms with Gasteiger partial charge in [-0.1, -0.05) is 24.3 Å². The number of halogens is 1. The average Bonchev–Trinajstić information content (AvgIpc) is 3.70. The number of hydrogen-bond donors (Lipinski definition) is 1. The van der Waals surface area contributed by atoms with E-state index in [1.54, 1.807) is 35.2 Å². The fourth-order valence-electron chi connectivity index (χ4n) is 5.18. The molecule has 2 fully saturated rings. The zero-order valence-corrected chi connectivity index (χ0v) is 21.3. The Hall–Kier alpha value is -4.71. The number of aromatic nitrogens is 3. The second-order valence-corrected chi connectivity index (χ2v) is 10.0. The van der Waals surface area contributed by atoms with Crippen LogP contribution in [0.4, 0.5) is 10.2 Å². The lowest BCUT2D eigenvalue weighted by Gasteiger charge is -2.33. The van der Waals surface area contributed by atoms with Crippen molar-refractivity contribution in [2.45, 2.75) is 31.7 Å². The van der Waals surface area contributed by atoms with Gasteiger partial charge in [-0.2, -0.15) is 5.26 Å². The van der Waals surface area contributed by atoms with Crippen LogP contribution >= 0.6 is 0 Å². The van der Waals surface area contributed by atoms with E-state index in [4.69, 9.17) is 10.5 Å². The van der Waals surface area contributed by atoms with E-state index in [0.717, 1.165) is 25.7 Å². The van der Waals surface area contributed by atoms with E-state index in [1.807, 2.05) is 29.0 Å². The molecular formula is C30H27FN6O2. The standard InChI is InChI=1S/C30H27FN6O2/c31-26-14-23(39-22-6-2-1-3-7-22)10-11-24(26)25-17-37(29-27(25)28(33)34-18-35-29)21-5-4-12-36(16-21)30(38)20(15-32)13-19-8-9-19/h1-3,6-7,10-11,13-14,17-19,21H,4-5,8-9,12,16H2,(H2,33,34,35). The van der Waals surface area contributed by atoms with Crippen LogP contribution in [0.25, 0.3) is 22.2 Å². The van der Waals surface area contributed by atoms with Crippen molar-refractivity contribution >= 4 is 22.8 Å². The van der Waals surface area contributed by atoms with Gasteiger partial charge in [-0.05, 0) is 55.9 Å². The van der Waals surface area contributed by atoms with Gasteiger partial charge in [0.15, 0.2) is 0 Å². The summed E-state index contributed by atoms with van der Waals surface area (Å²) in [7, 11) is 0. The number of carbonyl (C=O) groups excluding carboxylic acids is 1. The molecule has 1 aliphatic carbocycles. The molecular weight excluding hydrogens is 495 g/mol. The van der Waals surface area contributed by atoms with Crippen molar-refractivity contribution in [1.29, 1.82) is 5.26 Å². The molecule has 3 heterocycles. The van der Waals surface area contributed by atoms with E-state index in [0.29, 0.717) is 52.7 Å². The molecule has 8 nitrogen and oxygen atoms in total. The number of benzene rings is 2. The number of ether oxygens (including phenoxy) is 1. The van der Waals surface area contributed by atoms with Gasteiger partial charge in [0.05, 0.1) is 11.4 Å². The van der Waals surface area contributed by atoms with Gasteiger partial charge in [0.2, 0.25) is 0 Å². The van der Waals surface area contributed by atoms with Gasteiger partial charge in [0.25, 0.3) is 5.91 Å². The second-order valence-electron chi connectivity index (χ2n) is 10.0. The number of nitriles is 1. The van der Waals surface area contributed by atoms with Crippen molar-refractivity contribution in [3.63, 3.8) is 0 Å². The molecule has 1 amide bonds. The minimum absolute atomic E-state index is 0.113. The quantitative estimate of drug-likeness (QED) is 0.259. The van der Waals surface area contributed by atoms with Crippen LogP contribution < -0.4 is 10.5 Å². The molecule has 39 heavy (non-hydrogen) atoms. The third kappa shape index (κ3) is 4.93. The fraction of sp³-hybridized carbons (Fsp3) is 0.267. The van der Waals surface area contributed by atoms with Crippen LogP contribution in [0.3, 0.4) is 0 Å². The van der Waals surface area contributed by atoms with Gasteiger partial charge in [-0.3, -0.25) is 4.79 Å². The van der Waals surface area contributed by atoms with E-state index >= 15 is 4.39 Å². The smallest absolute Gasteiger partial charge is 0.264 e. The summed E-state index contributed by atoms with van der Waals surface area (Å²) in [6.45, 7) is 1.00. The van der Waals surface area contributed by atoms with Crippen LogP contribution in [-0.4, -0.2) is 38.4 Å². The highest BCUT2D eigenvalue weighted by Crippen LogP contribution is 2.39. The number of para-hydroxylation sites is 1. The molecule has 2 aromatic carbocycles. The first-order valence-corrected chi connectivity index (χ1v) is 13.1. The van der Waals surface area contributed by atoms with Crippen LogP contribution in [0.15, 0.2) is 72.7 Å². The number of allylic oxidation sites excluding steroid dienone is 1. The largest absolute Gasteiger partial charge is 0.457 e. The predicted molar refractivity (Wildman–Crippen MR) is 145 cm³/mol. The number of hydrogen-bond acceptors (Lipinski definition) is 6. The first-order chi connectivity index (χ1) is 19.0. The molecule has 1 saturated carbocycles. The molecule has 6 rings (SSSR count). The Morgan fingerprint density at radius 1 is 1.10 bits per heavy atom. The Bertz CT molecular complexity index is 1620. The van der Waals surface area contributed by atoms with Gasteiger partial charge in [-0.25, -0.2) is 14.4 Å². The summed E-state index contributed by atoms with van der Waals surface area (Å²) in [5.41, 5.74) is 8.00. The highest BCUT2D eigenvalue weighted by Gasteiger charge is 2.30. The van der Waals surface area contributed by atoms with Crippen LogP contribution in [-0.2, 0) is 4.79 Å². The maximum absolute atomic E-state index is 15.5. The Labute approximate surface area is 225 Å². The van der Waals surface area contributed by atoms with Gasteiger partial charge < -0.3 is 19.9 Å². The van der Waals surface area contributed by atoms with Crippen LogP contribution in [0.5, 0.6) is 11.5 Å². The third-order valence-corrected chi connectivity index (χ3v) is 7.30. The van der Waals surface area contributed by atoms with Gasteiger partial charge >= 0.3 is 0 Å². The molecule has 1 aliphatic heterocycles. The minimum Gasteiger partial charge on any atom is -0.457 e. The predicted octanol–water partition coefficient (Wildman–Crippen LogP) is 5.64. The van der Waals surface area contributed by atoms with E-state index in [9.17, 15) is 10.1 Å². The zero-order chi connectivity index (χ0) is 26.9. The molecule has 1 saturated heterocycles. The molecule has 2 aliphatic rings. The zero-order valence-electron chi connectivity index (χ0n) is 21.3. The molecule has 9 heteroatoms. The molecule has 0 radical (unpaired) electrons. The Kier molecular flexibility index (Phi) is 6.45. The molecule has 4 aromatic rings. The number of nitrogens with two attached hydrogens (primary N) is 1. The van der Waals surface area contributed by atoms with E-state index in [-0.39, 0.29) is 23.3 Å². The SMILES string of the molecule is N#CC(=CC1CC1)C(=O)N1CCCC(n2cc(-c3ccc(Oc4ccccc4)cc3F)c3c(N)ncnc32)C1. The number of likely N-dealkylation sites (tertiary alicyclic amines) is 1. The first-order valence-electron chi connectivity index (χ1n) is 13.1. The Morgan fingerprint density at radius 2 is 1.92 bits per heavy atom. The van der Waals surface area contributed by atoms with Gasteiger partial charge in [0, 0.05) is 36.5 Å². The number of amides is 1. The summed E-state index contributed by atoms with van der Waals surface area (Å²) >= 11 is 0. The van der Waals surface area contributed by atoms with Crippen molar-refractivity contribution in [2.24, 2.45) is 5.92 Å². The van der Waals surface area contributed by atoms with Crippen molar-refractivity contribution < 1.29 is 13.9 Å². The number of nitrogens with zero attached hydrogens (tertiary/aromatic N) is 5. The molecule has 1 unspecified atom stereocenters. The van der Waals surface area contributed by atoms with E-state index in [1.165, 1.54) is 12.4 Å². The number of nitrogen functional groups attached to an aromatic ring is 1. The first kappa shape index (κ1) is 24.6. The van der Waals surface area contributed by atoms with Crippen molar-refractivity contribution in [2.75, 3.05) is 18.8 Å². The summed E-state index contributed by atoms with van der Waals surface area (Å²) < 4.78 is 23.3. The van der Waals surface area contributed by atoms with Crippen LogP contribution in [0.2, 0.25) is 0 Å². The van der Waals surface area contributed by atoms with Gasteiger partial charge in [0.1, 0.15) is 46.8 Å². The highest BCUT2D eigenvalue weighted by molar-refractivity contribution is 6.01. The van der Waals surface area contributed by atoms with Crippen molar-refractivity contribution in [1.82, 2.24) is 19.4 Å². The summed E-state index contributed by atoms with van der Waals surface area (Å²) in [6, 6.07) is 15.9. The fourth-order valence-corrected chi connectivity index (χ4v) is 5.18. The lowest BCUT2D eigenvalue weighted by molar-refractivity contribution is -0.128. The number of carbonyl (C=O) groups is 1. The van der Waals surface area contributed by atoms with Crippen LogP contribution in [0.1, 0.15) is 31.7 Å². The Morgan fingerprint density at radius 3 is 2.67 bits per heavy atom. The summed E-state index contributed by atoms with van der Waals surface area (Å²) in [5.74, 6) is 0.876. The molecule has 2 aromatic heterocycles. The van der Waals surface area contributed by atoms with Crippen molar-refractivity contribution in [3.8, 4) is 28.7 Å². The molecule has 196 valence electrons. The number of anilines is 1. The van der Waals surface area contributed by atoms with E-state index < -0.39 is 5.82 Å². The van der Waals surface area contributed by atoms with Crippen molar-refractivity contribution in [3.05, 3.63) is 78.5 Å². The highest BCUT2D eigenvalue weighted by atomic mass is 19.1. The molecule has 2 N–H and O–H groups in total. The second kappa shape index (κ2) is 10.2. The van der Waals surface area contributed by atoms with Gasteiger partial charge in [-0.15, -0.1) is 0 Å². The Balaban J connectivity index is 1.33. The summed E-state index contributed by atoms with van der Waals surface area (Å²) in [4.78, 5) is 23.5. The third-order valence-electron chi connectivity index (χ3n) is 7.30. The summed E-state index contributed by atoms with van der Waals surface area (Å²) in [6.07, 6.45) is 8.66. The summed E-state index contributed by atoms with van der Waals surface area (Å²) in [5, 5.41) is 10.1. The number of rotatable bonds is 6. The maximum atomic E-state index is 15.5. The maximum Gasteiger partial charge on any atom is 0.264 e. The lowest BCUT2D eigenvalue weighted by atomic mass is 10.0. The molecule has 1 atom stereocenters. The molecule has 0 bridgehead atoms. The van der Waals surface area contributed by atoms with E-state index in [2.05, 4.69) is 16.0 Å². The number of fused-ring (bicyclic) bond motifs is 1. The lowest BCUT2D eigenvalue weighted by Crippen LogP contribution is -2.41. The van der Waals surface area contributed by atoms with Crippen LogP contribution in [0, 0.1) is 23.1 Å². The molecule has 0 spiro atoms. The monoisotopic (exact) mass is 522 g/mol. The average molecular weight is 523 g/mol. The normalized spacial score (nSPS) is 17.7. The minimum atomic E-state index is -0.463. The topological polar surface area (TPSA) is 110 Å². The number of piperidine rings is 1.